The average molecular weight is 367 g/mol. The number of carbonyl (C=O) groups excluding carboxylic acids is 1. The standard InChI is InChI=1S/C21H19ClN2O2/c22-17-10-8-15(9-11-17)13-24-18-5-3-4-16(12-18)14-26-20-7-2-1-6-19(20)21(23)25/h1-12,24H,13-14H2,(H2,23,25). The predicted molar refractivity (Wildman–Crippen MR) is 105 cm³/mol. The van der Waals surface area contributed by atoms with Gasteiger partial charge in [0.25, 0.3) is 5.91 Å². The third-order valence-corrected chi connectivity index (χ3v) is 4.14. The number of hydrogen-bond donors (Lipinski definition) is 2. The summed E-state index contributed by atoms with van der Waals surface area (Å²) in [4.78, 5) is 11.5. The highest BCUT2D eigenvalue weighted by atomic mass is 35.5. The zero-order valence-electron chi connectivity index (χ0n) is 14.1. The minimum Gasteiger partial charge on any atom is -0.488 e. The second kappa shape index (κ2) is 8.41. The number of nitrogens with one attached hydrogen (secondary N) is 1. The van der Waals surface area contributed by atoms with Gasteiger partial charge in [-0.05, 0) is 47.5 Å². The van der Waals surface area contributed by atoms with E-state index in [-0.39, 0.29) is 0 Å². The molecule has 3 rings (SSSR count). The van der Waals surface area contributed by atoms with Crippen LogP contribution in [0.2, 0.25) is 5.02 Å². The van der Waals surface area contributed by atoms with E-state index in [0.717, 1.165) is 21.8 Å². The number of primary amides is 1. The van der Waals surface area contributed by atoms with Crippen LogP contribution in [0.3, 0.4) is 0 Å². The van der Waals surface area contributed by atoms with Crippen molar-refractivity contribution in [1.82, 2.24) is 0 Å². The fourth-order valence-corrected chi connectivity index (χ4v) is 2.66. The molecule has 5 heteroatoms. The quantitative estimate of drug-likeness (QED) is 0.640. The molecule has 4 nitrogen and oxygen atoms in total. The van der Waals surface area contributed by atoms with Gasteiger partial charge in [0, 0.05) is 17.3 Å². The van der Waals surface area contributed by atoms with Crippen LogP contribution in [0.25, 0.3) is 0 Å². The Morgan fingerprint density at radius 2 is 1.73 bits per heavy atom. The molecule has 0 aliphatic heterocycles. The van der Waals surface area contributed by atoms with Crippen LogP contribution < -0.4 is 15.8 Å². The van der Waals surface area contributed by atoms with Gasteiger partial charge in [0.15, 0.2) is 0 Å². The number of para-hydroxylation sites is 1. The zero-order valence-corrected chi connectivity index (χ0v) is 14.9. The molecule has 0 saturated carbocycles. The molecule has 0 bridgehead atoms. The summed E-state index contributed by atoms with van der Waals surface area (Å²) in [6.45, 7) is 1.05. The Hall–Kier alpha value is -2.98. The Morgan fingerprint density at radius 1 is 0.962 bits per heavy atom. The maximum atomic E-state index is 11.5. The van der Waals surface area contributed by atoms with Gasteiger partial charge in [0.2, 0.25) is 0 Å². The van der Waals surface area contributed by atoms with E-state index < -0.39 is 5.91 Å². The first-order chi connectivity index (χ1) is 12.6. The topological polar surface area (TPSA) is 64.4 Å². The van der Waals surface area contributed by atoms with E-state index in [1.54, 1.807) is 18.2 Å². The van der Waals surface area contributed by atoms with E-state index in [4.69, 9.17) is 22.1 Å². The third kappa shape index (κ3) is 4.77. The molecule has 0 spiro atoms. The van der Waals surface area contributed by atoms with E-state index in [0.29, 0.717) is 24.5 Å². The Morgan fingerprint density at radius 3 is 2.50 bits per heavy atom. The van der Waals surface area contributed by atoms with Gasteiger partial charge in [0.05, 0.1) is 5.56 Å². The lowest BCUT2D eigenvalue weighted by atomic mass is 10.1. The van der Waals surface area contributed by atoms with Crippen LogP contribution in [0.4, 0.5) is 5.69 Å². The van der Waals surface area contributed by atoms with E-state index >= 15 is 0 Å². The van der Waals surface area contributed by atoms with Crippen molar-refractivity contribution in [3.8, 4) is 5.75 Å². The van der Waals surface area contributed by atoms with Crippen LogP contribution in [0.5, 0.6) is 5.75 Å². The lowest BCUT2D eigenvalue weighted by molar-refractivity contribution is 0.0996. The summed E-state index contributed by atoms with van der Waals surface area (Å²) in [6.07, 6.45) is 0. The molecule has 26 heavy (non-hydrogen) atoms. The van der Waals surface area contributed by atoms with Crippen molar-refractivity contribution in [3.05, 3.63) is 94.5 Å². The van der Waals surface area contributed by atoms with E-state index in [1.165, 1.54) is 0 Å². The average Bonchev–Trinajstić information content (AvgIpc) is 2.66. The molecule has 3 aromatic carbocycles. The molecule has 132 valence electrons. The van der Waals surface area contributed by atoms with Gasteiger partial charge in [-0.25, -0.2) is 0 Å². The first-order valence-electron chi connectivity index (χ1n) is 8.21. The number of ether oxygens (including phenoxy) is 1. The molecule has 0 saturated heterocycles. The molecule has 0 unspecified atom stereocenters. The summed E-state index contributed by atoms with van der Waals surface area (Å²) in [6, 6.07) is 22.6. The Bertz CT molecular complexity index is 895. The number of carbonyl (C=O) groups is 1. The number of amides is 1. The summed E-state index contributed by atoms with van der Waals surface area (Å²) in [5.41, 5.74) is 8.88. The van der Waals surface area contributed by atoms with Crippen LogP contribution in [-0.2, 0) is 13.2 Å². The maximum absolute atomic E-state index is 11.5. The molecule has 1 amide bonds. The Labute approximate surface area is 157 Å². The molecular formula is C21H19ClN2O2. The van der Waals surface area contributed by atoms with E-state index in [2.05, 4.69) is 5.32 Å². The fraction of sp³-hybridized carbons (Fsp3) is 0.0952. The van der Waals surface area contributed by atoms with Crippen LogP contribution in [0.1, 0.15) is 21.5 Å². The van der Waals surface area contributed by atoms with Gasteiger partial charge in [-0.3, -0.25) is 4.79 Å². The van der Waals surface area contributed by atoms with E-state index in [9.17, 15) is 4.79 Å². The molecule has 3 N–H and O–H groups in total. The molecule has 0 aliphatic rings. The highest BCUT2D eigenvalue weighted by Crippen LogP contribution is 2.20. The highest BCUT2D eigenvalue weighted by molar-refractivity contribution is 6.30. The smallest absolute Gasteiger partial charge is 0.252 e. The summed E-state index contributed by atoms with van der Waals surface area (Å²) < 4.78 is 5.77. The van der Waals surface area contributed by atoms with Gasteiger partial charge < -0.3 is 15.8 Å². The summed E-state index contributed by atoms with van der Waals surface area (Å²) in [5.74, 6) is -0.0153. The first kappa shape index (κ1) is 17.8. The summed E-state index contributed by atoms with van der Waals surface area (Å²) in [7, 11) is 0. The normalized spacial score (nSPS) is 10.3. The van der Waals surface area contributed by atoms with Crippen LogP contribution in [-0.4, -0.2) is 5.91 Å². The molecule has 0 heterocycles. The number of rotatable bonds is 7. The van der Waals surface area contributed by atoms with Gasteiger partial charge in [-0.2, -0.15) is 0 Å². The molecule has 0 aromatic heterocycles. The lowest BCUT2D eigenvalue weighted by Gasteiger charge is -2.11. The molecule has 0 aliphatic carbocycles. The van der Waals surface area contributed by atoms with Crippen molar-refractivity contribution in [3.63, 3.8) is 0 Å². The second-order valence-corrected chi connectivity index (χ2v) is 6.27. The number of hydrogen-bond acceptors (Lipinski definition) is 3. The van der Waals surface area contributed by atoms with Crippen molar-refractivity contribution < 1.29 is 9.53 Å². The monoisotopic (exact) mass is 366 g/mol. The molecular weight excluding hydrogens is 348 g/mol. The molecule has 3 aromatic rings. The largest absolute Gasteiger partial charge is 0.488 e. The van der Waals surface area contributed by atoms with Gasteiger partial charge in [-0.15, -0.1) is 0 Å². The van der Waals surface area contributed by atoms with Crippen molar-refractivity contribution >= 4 is 23.2 Å². The van der Waals surface area contributed by atoms with E-state index in [1.807, 2.05) is 54.6 Å². The van der Waals surface area contributed by atoms with Gasteiger partial charge >= 0.3 is 0 Å². The number of nitrogens with two attached hydrogens (primary N) is 1. The second-order valence-electron chi connectivity index (χ2n) is 5.83. The molecule has 0 radical (unpaired) electrons. The Balaban J connectivity index is 1.62. The molecule has 0 atom stereocenters. The van der Waals surface area contributed by atoms with Crippen molar-refractivity contribution in [2.75, 3.05) is 5.32 Å². The van der Waals surface area contributed by atoms with Crippen LogP contribution in [0, 0.1) is 0 Å². The van der Waals surface area contributed by atoms with Crippen molar-refractivity contribution in [2.45, 2.75) is 13.2 Å². The number of benzene rings is 3. The fourth-order valence-electron chi connectivity index (χ4n) is 2.53. The van der Waals surface area contributed by atoms with Crippen molar-refractivity contribution in [2.24, 2.45) is 5.73 Å². The minimum atomic E-state index is -0.501. The maximum Gasteiger partial charge on any atom is 0.252 e. The third-order valence-electron chi connectivity index (χ3n) is 3.88. The number of anilines is 1. The van der Waals surface area contributed by atoms with Crippen LogP contribution in [0.15, 0.2) is 72.8 Å². The van der Waals surface area contributed by atoms with Crippen molar-refractivity contribution in [1.29, 1.82) is 0 Å². The Kier molecular flexibility index (Phi) is 5.77. The highest BCUT2D eigenvalue weighted by Gasteiger charge is 2.08. The SMILES string of the molecule is NC(=O)c1ccccc1OCc1cccc(NCc2ccc(Cl)cc2)c1. The minimum absolute atomic E-state index is 0.348. The van der Waals surface area contributed by atoms with Gasteiger partial charge in [0.1, 0.15) is 12.4 Å². The first-order valence-corrected chi connectivity index (χ1v) is 8.58. The van der Waals surface area contributed by atoms with Crippen LogP contribution >= 0.6 is 11.6 Å². The zero-order chi connectivity index (χ0) is 18.4. The summed E-state index contributed by atoms with van der Waals surface area (Å²) in [5, 5.41) is 4.10. The van der Waals surface area contributed by atoms with Gasteiger partial charge in [-0.1, -0.05) is 48.0 Å². The lowest BCUT2D eigenvalue weighted by Crippen LogP contribution is -2.12. The summed E-state index contributed by atoms with van der Waals surface area (Å²) >= 11 is 5.90. The predicted octanol–water partition coefficient (Wildman–Crippen LogP) is 4.63. The number of halogens is 1. The molecule has 0 fully saturated rings.